The van der Waals surface area contributed by atoms with Crippen LogP contribution in [0.3, 0.4) is 0 Å². The molecular formula is C16H23N5O. The van der Waals surface area contributed by atoms with E-state index in [0.29, 0.717) is 12.5 Å². The van der Waals surface area contributed by atoms with Crippen molar-refractivity contribution in [3.8, 4) is 0 Å². The predicted molar refractivity (Wildman–Crippen MR) is 84.6 cm³/mol. The Bertz CT molecular complexity index is 676. The molecule has 0 saturated carbocycles. The molecule has 3 heterocycles. The molecule has 2 aromatic rings. The minimum Gasteiger partial charge on any atom is -0.298 e. The summed E-state index contributed by atoms with van der Waals surface area (Å²) in [5, 5.41) is 4.47. The second kappa shape index (κ2) is 6.44. The maximum absolute atomic E-state index is 12.1. The van der Waals surface area contributed by atoms with E-state index in [1.54, 1.807) is 17.8 Å². The Balaban J connectivity index is 1.76. The number of aromatic nitrogens is 4. The third-order valence-electron chi connectivity index (χ3n) is 4.35. The number of nitrogens with zero attached hydrogens (tertiary/aromatic N) is 5. The van der Waals surface area contributed by atoms with Crippen molar-refractivity contribution >= 4 is 0 Å². The Hall–Kier alpha value is -1.95. The molecule has 3 rings (SSSR count). The lowest BCUT2D eigenvalue weighted by Gasteiger charge is -2.32. The Morgan fingerprint density at radius 3 is 3.00 bits per heavy atom. The van der Waals surface area contributed by atoms with E-state index in [4.69, 9.17) is 0 Å². The standard InChI is InChI=1S/C16H23N5O/c1-3-21-15(18-19(2)16(21)22)14-7-5-9-20(12-14)11-13-6-4-8-17-10-13/h4,6,8,10,14H,3,5,7,9,11-12H2,1-2H3/t14-/m0/s1. The van der Waals surface area contributed by atoms with Crippen LogP contribution in [0.15, 0.2) is 29.3 Å². The van der Waals surface area contributed by atoms with Crippen LogP contribution in [0, 0.1) is 0 Å². The number of hydrogen-bond donors (Lipinski definition) is 0. The van der Waals surface area contributed by atoms with Crippen molar-refractivity contribution in [3.05, 3.63) is 46.4 Å². The van der Waals surface area contributed by atoms with Crippen molar-refractivity contribution in [1.82, 2.24) is 24.2 Å². The summed E-state index contributed by atoms with van der Waals surface area (Å²) in [6.45, 7) is 5.64. The monoisotopic (exact) mass is 301 g/mol. The highest BCUT2D eigenvalue weighted by Crippen LogP contribution is 2.25. The fraction of sp³-hybridized carbons (Fsp3) is 0.562. The van der Waals surface area contributed by atoms with Gasteiger partial charge in [0, 0.05) is 45.0 Å². The van der Waals surface area contributed by atoms with Gasteiger partial charge < -0.3 is 0 Å². The van der Waals surface area contributed by atoms with E-state index in [0.717, 1.165) is 38.3 Å². The predicted octanol–water partition coefficient (Wildman–Crippen LogP) is 1.38. The Morgan fingerprint density at radius 1 is 1.41 bits per heavy atom. The van der Waals surface area contributed by atoms with Gasteiger partial charge in [0.25, 0.3) is 0 Å². The number of aryl methyl sites for hydroxylation is 1. The molecule has 6 nitrogen and oxygen atoms in total. The number of likely N-dealkylation sites (tertiary alicyclic amines) is 1. The minimum absolute atomic E-state index is 0.0121. The van der Waals surface area contributed by atoms with E-state index in [1.807, 2.05) is 19.2 Å². The molecule has 0 N–H and O–H groups in total. The molecule has 1 aliphatic heterocycles. The largest absolute Gasteiger partial charge is 0.345 e. The molecule has 0 aromatic carbocycles. The quantitative estimate of drug-likeness (QED) is 0.856. The second-order valence-corrected chi connectivity index (χ2v) is 5.94. The van der Waals surface area contributed by atoms with Gasteiger partial charge in [-0.3, -0.25) is 14.5 Å². The molecule has 2 aromatic heterocycles. The van der Waals surface area contributed by atoms with Gasteiger partial charge in [-0.25, -0.2) is 9.48 Å². The number of pyridine rings is 1. The molecule has 118 valence electrons. The van der Waals surface area contributed by atoms with Gasteiger partial charge in [0.05, 0.1) is 0 Å². The zero-order chi connectivity index (χ0) is 15.5. The van der Waals surface area contributed by atoms with Gasteiger partial charge in [0.2, 0.25) is 0 Å². The molecule has 1 aliphatic rings. The van der Waals surface area contributed by atoms with Crippen molar-refractivity contribution in [2.75, 3.05) is 13.1 Å². The van der Waals surface area contributed by atoms with Crippen LogP contribution in [-0.4, -0.2) is 37.3 Å². The highest BCUT2D eigenvalue weighted by Gasteiger charge is 2.26. The highest BCUT2D eigenvalue weighted by atomic mass is 16.2. The van der Waals surface area contributed by atoms with Crippen LogP contribution in [-0.2, 0) is 20.1 Å². The van der Waals surface area contributed by atoms with E-state index in [2.05, 4.69) is 21.0 Å². The second-order valence-electron chi connectivity index (χ2n) is 5.94. The van der Waals surface area contributed by atoms with Gasteiger partial charge >= 0.3 is 5.69 Å². The fourth-order valence-electron chi connectivity index (χ4n) is 3.28. The normalized spacial score (nSPS) is 19.5. The summed E-state index contributed by atoms with van der Waals surface area (Å²) in [6, 6.07) is 4.09. The van der Waals surface area contributed by atoms with Crippen LogP contribution in [0.5, 0.6) is 0 Å². The van der Waals surface area contributed by atoms with E-state index in [-0.39, 0.29) is 5.69 Å². The third kappa shape index (κ3) is 2.97. The van der Waals surface area contributed by atoms with Crippen LogP contribution in [0.1, 0.15) is 37.1 Å². The summed E-state index contributed by atoms with van der Waals surface area (Å²) in [5.74, 6) is 1.27. The molecule has 0 radical (unpaired) electrons. The van der Waals surface area contributed by atoms with Crippen LogP contribution < -0.4 is 5.69 Å². The molecule has 1 saturated heterocycles. The molecule has 0 bridgehead atoms. The Kier molecular flexibility index (Phi) is 4.38. The van der Waals surface area contributed by atoms with Gasteiger partial charge in [0.15, 0.2) is 0 Å². The average Bonchev–Trinajstić information content (AvgIpc) is 2.83. The number of piperidine rings is 1. The SMILES string of the molecule is CCn1c([C@H]2CCCN(Cc3cccnc3)C2)nn(C)c1=O. The molecule has 1 atom stereocenters. The Labute approximate surface area is 130 Å². The molecule has 0 aliphatic carbocycles. The molecule has 0 unspecified atom stereocenters. The van der Waals surface area contributed by atoms with Crippen LogP contribution in [0.25, 0.3) is 0 Å². The maximum atomic E-state index is 12.1. The molecule has 1 fully saturated rings. The maximum Gasteiger partial charge on any atom is 0.345 e. The van der Waals surface area contributed by atoms with E-state index >= 15 is 0 Å². The van der Waals surface area contributed by atoms with Crippen molar-refractivity contribution in [1.29, 1.82) is 0 Å². The first kappa shape index (κ1) is 15.0. The number of hydrogen-bond acceptors (Lipinski definition) is 4. The Morgan fingerprint density at radius 2 is 2.27 bits per heavy atom. The molecular weight excluding hydrogens is 278 g/mol. The molecule has 0 amide bonds. The topological polar surface area (TPSA) is 56.0 Å². The fourth-order valence-corrected chi connectivity index (χ4v) is 3.28. The molecule has 0 spiro atoms. The lowest BCUT2D eigenvalue weighted by atomic mass is 9.96. The zero-order valence-electron chi connectivity index (χ0n) is 13.3. The van der Waals surface area contributed by atoms with Gasteiger partial charge in [-0.2, -0.15) is 5.10 Å². The van der Waals surface area contributed by atoms with E-state index in [9.17, 15) is 4.79 Å². The zero-order valence-corrected chi connectivity index (χ0v) is 13.3. The summed E-state index contributed by atoms with van der Waals surface area (Å²) >= 11 is 0. The summed E-state index contributed by atoms with van der Waals surface area (Å²) in [5.41, 5.74) is 1.22. The van der Waals surface area contributed by atoms with Gasteiger partial charge in [0.1, 0.15) is 5.82 Å². The molecule has 6 heteroatoms. The highest BCUT2D eigenvalue weighted by molar-refractivity contribution is 5.09. The van der Waals surface area contributed by atoms with E-state index < -0.39 is 0 Å². The summed E-state index contributed by atoms with van der Waals surface area (Å²) in [6.07, 6.45) is 5.96. The lowest BCUT2D eigenvalue weighted by molar-refractivity contribution is 0.194. The first-order chi connectivity index (χ1) is 10.7. The van der Waals surface area contributed by atoms with Gasteiger partial charge in [-0.1, -0.05) is 6.07 Å². The van der Waals surface area contributed by atoms with Gasteiger partial charge in [-0.15, -0.1) is 0 Å². The molecule has 22 heavy (non-hydrogen) atoms. The smallest absolute Gasteiger partial charge is 0.298 e. The van der Waals surface area contributed by atoms with Crippen LogP contribution in [0.2, 0.25) is 0 Å². The number of rotatable bonds is 4. The minimum atomic E-state index is -0.0121. The van der Waals surface area contributed by atoms with Crippen molar-refractivity contribution < 1.29 is 0 Å². The first-order valence-electron chi connectivity index (χ1n) is 7.94. The van der Waals surface area contributed by atoms with Gasteiger partial charge in [-0.05, 0) is 37.9 Å². The van der Waals surface area contributed by atoms with E-state index in [1.165, 1.54) is 10.2 Å². The van der Waals surface area contributed by atoms with Crippen molar-refractivity contribution in [2.45, 2.75) is 38.8 Å². The third-order valence-corrected chi connectivity index (χ3v) is 4.35. The van der Waals surface area contributed by atoms with Crippen LogP contribution in [0.4, 0.5) is 0 Å². The van der Waals surface area contributed by atoms with Crippen LogP contribution >= 0.6 is 0 Å². The average molecular weight is 301 g/mol. The van der Waals surface area contributed by atoms with Crippen molar-refractivity contribution in [2.24, 2.45) is 7.05 Å². The first-order valence-corrected chi connectivity index (χ1v) is 7.94. The lowest BCUT2D eigenvalue weighted by Crippen LogP contribution is -2.35. The van der Waals surface area contributed by atoms with Crippen molar-refractivity contribution in [3.63, 3.8) is 0 Å². The summed E-state index contributed by atoms with van der Waals surface area (Å²) in [4.78, 5) is 18.7. The summed E-state index contributed by atoms with van der Waals surface area (Å²) < 4.78 is 3.26. The summed E-state index contributed by atoms with van der Waals surface area (Å²) in [7, 11) is 1.73.